The van der Waals surface area contributed by atoms with Crippen LogP contribution in [0.25, 0.3) is 22.3 Å². The highest BCUT2D eigenvalue weighted by atomic mass is 16.5. The SMILES string of the molecule is CC(=N)C(C)NCCCOc1ccc(CNC(=O)CCCCCCC(=O)NCc2ccc(OCCN=C(N)N)c(-c3cccc(OCCN=C(N)N)c3OCCN=C(N)N)c2)cc1-c1cccc(OCCN=C(N)N)c1OCCN=C(N)N. The molecule has 27 heteroatoms. The number of carbonyl (C=O) groups excluding carboxylic acids is 2. The molecule has 2 amide bonds. The van der Waals surface area contributed by atoms with Crippen molar-refractivity contribution in [2.75, 3.05) is 78.9 Å². The van der Waals surface area contributed by atoms with Crippen LogP contribution in [0.4, 0.5) is 0 Å². The molecular weight excluding hydrogens is 1070 g/mol. The van der Waals surface area contributed by atoms with Crippen LogP contribution in [0.15, 0.2) is 97.8 Å². The number of nitrogens with one attached hydrogen (secondary N) is 4. The van der Waals surface area contributed by atoms with Crippen molar-refractivity contribution in [1.82, 2.24) is 16.0 Å². The lowest BCUT2D eigenvalue weighted by Gasteiger charge is -2.19. The fraction of sp³-hybridized carbons (Fsp3) is 0.429. The number of rotatable bonds is 40. The van der Waals surface area contributed by atoms with Gasteiger partial charge >= 0.3 is 0 Å². The summed E-state index contributed by atoms with van der Waals surface area (Å²) in [5.74, 6) is 2.21. The number of nitrogens with two attached hydrogens (primary N) is 10. The number of hydrogen-bond acceptors (Lipinski definition) is 15. The van der Waals surface area contributed by atoms with Gasteiger partial charge in [-0.3, -0.25) is 34.6 Å². The molecule has 0 fully saturated rings. The molecule has 1 atom stereocenters. The highest BCUT2D eigenvalue weighted by molar-refractivity contribution is 5.84. The maximum atomic E-state index is 13.2. The zero-order valence-electron chi connectivity index (χ0n) is 47.6. The van der Waals surface area contributed by atoms with Crippen molar-refractivity contribution >= 4 is 47.3 Å². The summed E-state index contributed by atoms with van der Waals surface area (Å²) in [6.45, 7) is 6.99. The van der Waals surface area contributed by atoms with Crippen molar-refractivity contribution in [2.45, 2.75) is 77.9 Å². The summed E-state index contributed by atoms with van der Waals surface area (Å²) in [4.78, 5) is 46.5. The van der Waals surface area contributed by atoms with Gasteiger partial charge < -0.3 is 107 Å². The first-order valence-corrected chi connectivity index (χ1v) is 27.3. The number of carbonyl (C=O) groups is 2. The molecule has 452 valence electrons. The third kappa shape index (κ3) is 25.7. The Labute approximate surface area is 484 Å². The second kappa shape index (κ2) is 36.8. The van der Waals surface area contributed by atoms with Crippen molar-refractivity contribution < 1.29 is 38.0 Å². The first kappa shape index (κ1) is 66.1. The normalized spacial score (nSPS) is 11.0. The Morgan fingerprint density at radius 2 is 0.819 bits per heavy atom. The number of unbranched alkanes of at least 4 members (excludes halogenated alkanes) is 3. The average molecular weight is 1150 g/mol. The zero-order chi connectivity index (χ0) is 60.4. The number of nitrogens with zero attached hydrogens (tertiary/aromatic N) is 5. The number of hydrogen-bond donors (Lipinski definition) is 14. The van der Waals surface area contributed by atoms with E-state index in [1.165, 1.54) is 0 Å². The lowest BCUT2D eigenvalue weighted by Crippen LogP contribution is -2.33. The maximum Gasteiger partial charge on any atom is 0.220 e. The fourth-order valence-corrected chi connectivity index (χ4v) is 7.89. The van der Waals surface area contributed by atoms with E-state index in [0.29, 0.717) is 108 Å². The number of benzene rings is 4. The lowest BCUT2D eigenvalue weighted by molar-refractivity contribution is -0.122. The molecule has 0 aromatic heterocycles. The lowest BCUT2D eigenvalue weighted by atomic mass is 10.00. The Balaban J connectivity index is 1.39. The Bertz CT molecular complexity index is 2840. The third-order valence-corrected chi connectivity index (χ3v) is 12.0. The molecule has 27 nitrogen and oxygen atoms in total. The minimum atomic E-state index is -0.120. The Morgan fingerprint density at radius 3 is 1.19 bits per heavy atom. The highest BCUT2D eigenvalue weighted by Gasteiger charge is 2.21. The second-order valence-corrected chi connectivity index (χ2v) is 18.7. The van der Waals surface area contributed by atoms with Gasteiger partial charge in [-0.05, 0) is 87.2 Å². The van der Waals surface area contributed by atoms with Gasteiger partial charge in [0, 0.05) is 59.9 Å². The Morgan fingerprint density at radius 1 is 0.458 bits per heavy atom. The number of aliphatic imine (C=N–C) groups is 5. The molecule has 83 heavy (non-hydrogen) atoms. The number of amides is 2. The maximum absolute atomic E-state index is 13.2. The van der Waals surface area contributed by atoms with Crippen molar-refractivity contribution in [2.24, 2.45) is 82.3 Å². The van der Waals surface area contributed by atoms with Crippen molar-refractivity contribution in [3.8, 4) is 56.8 Å². The van der Waals surface area contributed by atoms with Gasteiger partial charge in [-0.1, -0.05) is 49.2 Å². The van der Waals surface area contributed by atoms with Gasteiger partial charge in [0.15, 0.2) is 52.8 Å². The molecular formula is C56H85N19O8. The molecule has 0 heterocycles. The van der Waals surface area contributed by atoms with Crippen molar-refractivity contribution in [3.63, 3.8) is 0 Å². The van der Waals surface area contributed by atoms with Crippen LogP contribution in [0.2, 0.25) is 0 Å². The van der Waals surface area contributed by atoms with Crippen LogP contribution < -0.4 is 102 Å². The smallest absolute Gasteiger partial charge is 0.220 e. The van der Waals surface area contributed by atoms with E-state index in [0.717, 1.165) is 24.0 Å². The first-order chi connectivity index (χ1) is 39.9. The van der Waals surface area contributed by atoms with Crippen LogP contribution in [0.5, 0.6) is 34.5 Å². The van der Waals surface area contributed by atoms with Crippen molar-refractivity contribution in [3.05, 3.63) is 83.9 Å². The molecule has 4 aromatic rings. The molecule has 0 radical (unpaired) electrons. The highest BCUT2D eigenvalue weighted by Crippen LogP contribution is 2.44. The molecule has 0 saturated carbocycles. The van der Waals surface area contributed by atoms with E-state index in [1.807, 2.05) is 61.5 Å². The summed E-state index contributed by atoms with van der Waals surface area (Å²) in [5.41, 5.74) is 60.2. The Kier molecular flexibility index (Phi) is 29.3. The van der Waals surface area contributed by atoms with Gasteiger partial charge in [-0.2, -0.15) is 0 Å². The Hall–Kier alpha value is -9.40. The standard InChI is InChI=1S/C56H85N19O8/c1-36(57)37(2)68-20-9-26-78-44-18-16-38(32-42(44)40-10-7-12-46(80-28-22-70-53(60)61)50(40)82-30-24-72-55(64)65)34-74-48(76)14-5-3-4-6-15-49(77)75-35-39-17-19-45(79-27-21-69-52(58)59)43(33-39)41-11-8-13-47(81-29-23-71-54(62)63)51(41)83-31-25-73-56(66)67/h7-8,10-13,16-19,32-33,37,57,68H,3-6,9,14-15,20-31,34-35H2,1-2H3,(H,74,76)(H,75,77)(H4,58,59,69)(H4,60,61,70)(H4,62,63,71)(H4,64,65,72)(H4,66,67,73). The molecule has 0 aliphatic heterocycles. The first-order valence-electron chi connectivity index (χ1n) is 27.3. The summed E-state index contributed by atoms with van der Waals surface area (Å²) in [7, 11) is 0. The largest absolute Gasteiger partial charge is 0.493 e. The predicted molar refractivity (Wildman–Crippen MR) is 327 cm³/mol. The molecule has 0 saturated heterocycles. The monoisotopic (exact) mass is 1150 g/mol. The van der Waals surface area contributed by atoms with Crippen LogP contribution >= 0.6 is 0 Å². The van der Waals surface area contributed by atoms with Gasteiger partial charge in [-0.15, -0.1) is 0 Å². The van der Waals surface area contributed by atoms with E-state index in [2.05, 4.69) is 40.9 Å². The molecule has 4 rings (SSSR count). The van der Waals surface area contributed by atoms with Crippen LogP contribution in [-0.2, 0) is 22.7 Å². The van der Waals surface area contributed by atoms with E-state index in [1.54, 1.807) is 25.1 Å². The minimum absolute atomic E-state index is 0.0499. The van der Waals surface area contributed by atoms with Crippen LogP contribution in [0.1, 0.15) is 69.9 Å². The number of guanidine groups is 5. The zero-order valence-corrected chi connectivity index (χ0v) is 47.6. The average Bonchev–Trinajstić information content (AvgIpc) is 3.55. The third-order valence-electron chi connectivity index (χ3n) is 12.0. The van der Waals surface area contributed by atoms with Gasteiger partial charge in [0.2, 0.25) is 11.8 Å². The van der Waals surface area contributed by atoms with Crippen LogP contribution in [-0.4, -0.2) is 132 Å². The van der Waals surface area contributed by atoms with Gasteiger partial charge in [0.1, 0.15) is 44.5 Å². The summed E-state index contributed by atoms with van der Waals surface area (Å²) in [6.07, 6.45) is 4.07. The summed E-state index contributed by atoms with van der Waals surface area (Å²) >= 11 is 0. The van der Waals surface area contributed by atoms with Gasteiger partial charge in [0.05, 0.1) is 39.3 Å². The molecule has 0 aliphatic rings. The molecule has 0 bridgehead atoms. The van der Waals surface area contributed by atoms with E-state index in [4.69, 9.17) is 91.2 Å². The molecule has 0 aliphatic carbocycles. The van der Waals surface area contributed by atoms with Gasteiger partial charge in [-0.25, -0.2) is 0 Å². The van der Waals surface area contributed by atoms with E-state index < -0.39 is 0 Å². The minimum Gasteiger partial charge on any atom is -0.493 e. The fourth-order valence-electron chi connectivity index (χ4n) is 7.89. The summed E-state index contributed by atoms with van der Waals surface area (Å²) in [5, 5.41) is 17.3. The van der Waals surface area contributed by atoms with E-state index in [9.17, 15) is 9.59 Å². The molecule has 1 unspecified atom stereocenters. The summed E-state index contributed by atoms with van der Waals surface area (Å²) in [6, 6.07) is 22.1. The van der Waals surface area contributed by atoms with Crippen LogP contribution in [0.3, 0.4) is 0 Å². The quantitative estimate of drug-likeness (QED) is 0.0170. The molecule has 0 spiro atoms. The molecule has 4 aromatic carbocycles. The van der Waals surface area contributed by atoms with Crippen LogP contribution in [0, 0.1) is 5.41 Å². The van der Waals surface area contributed by atoms with E-state index in [-0.39, 0.29) is 127 Å². The van der Waals surface area contributed by atoms with Gasteiger partial charge in [0.25, 0.3) is 0 Å². The number of para-hydroxylation sites is 2. The molecule has 24 N–H and O–H groups in total. The second-order valence-electron chi connectivity index (χ2n) is 18.7. The summed E-state index contributed by atoms with van der Waals surface area (Å²) < 4.78 is 37.2. The van der Waals surface area contributed by atoms with Crippen molar-refractivity contribution in [1.29, 1.82) is 5.41 Å². The van der Waals surface area contributed by atoms with E-state index >= 15 is 0 Å². The topological polar surface area (TPSA) is 471 Å². The number of ether oxygens (including phenoxy) is 6. The predicted octanol–water partition coefficient (Wildman–Crippen LogP) is 1.34.